The van der Waals surface area contributed by atoms with Crippen LogP contribution in [0.5, 0.6) is 11.5 Å². The Morgan fingerprint density at radius 2 is 1.65 bits per heavy atom. The van der Waals surface area contributed by atoms with Crippen molar-refractivity contribution in [1.82, 2.24) is 0 Å². The highest BCUT2D eigenvalue weighted by Crippen LogP contribution is 2.23. The third-order valence-electron chi connectivity index (χ3n) is 2.45. The standard InChI is InChI=1S/C15H20O3.C2H6/c1-5-11-17-13-6-8-14(9-7-13)18-15(2,3)10-12-16-4;1-2/h1,6-9H,10-12H2,2-4H3;1-2H3. The van der Waals surface area contributed by atoms with Crippen molar-refractivity contribution < 1.29 is 14.2 Å². The molecular weight excluding hydrogens is 252 g/mol. The number of rotatable bonds is 7. The van der Waals surface area contributed by atoms with E-state index in [4.69, 9.17) is 20.6 Å². The molecule has 0 aromatic heterocycles. The average molecular weight is 278 g/mol. The summed E-state index contributed by atoms with van der Waals surface area (Å²) < 4.78 is 16.2. The summed E-state index contributed by atoms with van der Waals surface area (Å²) in [5, 5.41) is 0. The van der Waals surface area contributed by atoms with Crippen LogP contribution < -0.4 is 9.47 Å². The van der Waals surface area contributed by atoms with E-state index in [9.17, 15) is 0 Å². The number of methoxy groups -OCH3 is 1. The van der Waals surface area contributed by atoms with Gasteiger partial charge in [-0.3, -0.25) is 0 Å². The summed E-state index contributed by atoms with van der Waals surface area (Å²) in [4.78, 5) is 0. The van der Waals surface area contributed by atoms with Crippen molar-refractivity contribution >= 4 is 0 Å². The van der Waals surface area contributed by atoms with E-state index in [-0.39, 0.29) is 12.2 Å². The molecule has 112 valence electrons. The van der Waals surface area contributed by atoms with Crippen molar-refractivity contribution in [2.24, 2.45) is 0 Å². The van der Waals surface area contributed by atoms with Gasteiger partial charge >= 0.3 is 0 Å². The van der Waals surface area contributed by atoms with E-state index >= 15 is 0 Å². The molecule has 1 rings (SSSR count). The van der Waals surface area contributed by atoms with E-state index in [2.05, 4.69) is 5.92 Å². The van der Waals surface area contributed by atoms with E-state index in [1.54, 1.807) is 7.11 Å². The zero-order chi connectivity index (χ0) is 15.4. The van der Waals surface area contributed by atoms with E-state index in [0.29, 0.717) is 6.61 Å². The molecule has 0 aliphatic rings. The van der Waals surface area contributed by atoms with Crippen LogP contribution >= 0.6 is 0 Å². The summed E-state index contributed by atoms with van der Waals surface area (Å²) in [6.45, 7) is 9.03. The smallest absolute Gasteiger partial charge is 0.148 e. The van der Waals surface area contributed by atoms with Crippen molar-refractivity contribution in [3.8, 4) is 23.8 Å². The van der Waals surface area contributed by atoms with Crippen LogP contribution in [0.1, 0.15) is 34.1 Å². The zero-order valence-electron chi connectivity index (χ0n) is 13.2. The molecule has 0 saturated heterocycles. The fourth-order valence-corrected chi connectivity index (χ4v) is 1.45. The second-order valence-electron chi connectivity index (χ2n) is 4.57. The normalized spacial score (nSPS) is 10.0. The first-order valence-corrected chi connectivity index (χ1v) is 6.92. The minimum absolute atomic E-state index is 0.253. The monoisotopic (exact) mass is 278 g/mol. The van der Waals surface area contributed by atoms with Gasteiger partial charge < -0.3 is 14.2 Å². The Hall–Kier alpha value is -1.66. The molecule has 0 N–H and O–H groups in total. The predicted octanol–water partition coefficient (Wildman–Crippen LogP) is 3.92. The van der Waals surface area contributed by atoms with Crippen LogP contribution in [0.25, 0.3) is 0 Å². The van der Waals surface area contributed by atoms with Crippen LogP contribution in [0, 0.1) is 12.3 Å². The molecule has 3 nitrogen and oxygen atoms in total. The molecule has 0 amide bonds. The molecule has 0 aliphatic carbocycles. The highest BCUT2D eigenvalue weighted by molar-refractivity contribution is 5.31. The molecule has 20 heavy (non-hydrogen) atoms. The van der Waals surface area contributed by atoms with Gasteiger partial charge in [0, 0.05) is 20.1 Å². The van der Waals surface area contributed by atoms with E-state index in [1.807, 2.05) is 52.0 Å². The van der Waals surface area contributed by atoms with Crippen LogP contribution in [-0.2, 0) is 4.74 Å². The maximum absolute atomic E-state index is 5.89. The second kappa shape index (κ2) is 10.2. The highest BCUT2D eigenvalue weighted by Gasteiger charge is 2.19. The molecule has 0 bridgehead atoms. The summed E-state index contributed by atoms with van der Waals surface area (Å²) in [5.74, 6) is 3.98. The lowest BCUT2D eigenvalue weighted by molar-refractivity contribution is 0.0629. The second-order valence-corrected chi connectivity index (χ2v) is 4.57. The Balaban J connectivity index is 0.00000172. The minimum atomic E-state index is -0.253. The van der Waals surface area contributed by atoms with E-state index < -0.39 is 0 Å². The van der Waals surface area contributed by atoms with Crippen LogP contribution in [-0.4, -0.2) is 25.9 Å². The lowest BCUT2D eigenvalue weighted by Gasteiger charge is -2.26. The molecule has 3 heteroatoms. The first-order valence-electron chi connectivity index (χ1n) is 6.92. The SMILES string of the molecule is C#CCOc1ccc(OC(C)(C)CCOC)cc1.CC. The number of terminal acetylenes is 1. The van der Waals surface area contributed by atoms with Gasteiger partial charge in [-0.25, -0.2) is 0 Å². The molecule has 0 atom stereocenters. The van der Waals surface area contributed by atoms with E-state index in [1.165, 1.54) is 0 Å². The van der Waals surface area contributed by atoms with Crippen molar-refractivity contribution in [3.63, 3.8) is 0 Å². The maximum atomic E-state index is 5.89. The quantitative estimate of drug-likeness (QED) is 0.708. The van der Waals surface area contributed by atoms with Gasteiger partial charge in [0.15, 0.2) is 0 Å². The van der Waals surface area contributed by atoms with Crippen LogP contribution in [0.4, 0.5) is 0 Å². The molecule has 0 unspecified atom stereocenters. The zero-order valence-corrected chi connectivity index (χ0v) is 13.2. The summed E-state index contributed by atoms with van der Waals surface area (Å²) >= 11 is 0. The lowest BCUT2D eigenvalue weighted by atomic mass is 10.1. The lowest BCUT2D eigenvalue weighted by Crippen LogP contribution is -2.29. The third-order valence-corrected chi connectivity index (χ3v) is 2.45. The molecule has 0 saturated carbocycles. The molecule has 0 radical (unpaired) electrons. The number of hydrogen-bond acceptors (Lipinski definition) is 3. The van der Waals surface area contributed by atoms with Crippen molar-refractivity contribution in [2.45, 2.75) is 39.7 Å². The Labute approximate surface area is 123 Å². The van der Waals surface area contributed by atoms with Crippen LogP contribution in [0.2, 0.25) is 0 Å². The van der Waals surface area contributed by atoms with Crippen molar-refractivity contribution in [3.05, 3.63) is 24.3 Å². The Morgan fingerprint density at radius 3 is 2.15 bits per heavy atom. The van der Waals surface area contributed by atoms with Crippen molar-refractivity contribution in [2.75, 3.05) is 20.3 Å². The van der Waals surface area contributed by atoms with Crippen LogP contribution in [0.3, 0.4) is 0 Å². The average Bonchev–Trinajstić information content (AvgIpc) is 2.46. The molecule has 1 aromatic rings. The molecule has 0 heterocycles. The van der Waals surface area contributed by atoms with Gasteiger partial charge in [-0.15, -0.1) is 6.42 Å². The van der Waals surface area contributed by atoms with Gasteiger partial charge in [0.25, 0.3) is 0 Å². The molecule has 0 aliphatic heterocycles. The first-order chi connectivity index (χ1) is 9.57. The molecule has 1 aromatic carbocycles. The summed E-state index contributed by atoms with van der Waals surface area (Å²) in [6, 6.07) is 7.44. The summed E-state index contributed by atoms with van der Waals surface area (Å²) in [7, 11) is 1.69. The van der Waals surface area contributed by atoms with Gasteiger partial charge in [0.1, 0.15) is 23.7 Å². The van der Waals surface area contributed by atoms with Gasteiger partial charge in [-0.2, -0.15) is 0 Å². The Kier molecular flexibility index (Phi) is 9.32. The van der Waals surface area contributed by atoms with Crippen molar-refractivity contribution in [1.29, 1.82) is 0 Å². The summed E-state index contributed by atoms with van der Waals surface area (Å²) in [5.41, 5.74) is -0.253. The number of benzene rings is 1. The number of hydrogen-bond donors (Lipinski definition) is 0. The topological polar surface area (TPSA) is 27.7 Å². The van der Waals surface area contributed by atoms with Gasteiger partial charge in [-0.05, 0) is 38.1 Å². The maximum Gasteiger partial charge on any atom is 0.148 e. The van der Waals surface area contributed by atoms with Gasteiger partial charge in [0.2, 0.25) is 0 Å². The minimum Gasteiger partial charge on any atom is -0.488 e. The third kappa shape index (κ3) is 7.70. The molecule has 0 fully saturated rings. The molecule has 0 spiro atoms. The van der Waals surface area contributed by atoms with Crippen LogP contribution in [0.15, 0.2) is 24.3 Å². The number of ether oxygens (including phenoxy) is 3. The molecular formula is C17H26O3. The van der Waals surface area contributed by atoms with Gasteiger partial charge in [-0.1, -0.05) is 19.8 Å². The predicted molar refractivity (Wildman–Crippen MR) is 83.3 cm³/mol. The fraction of sp³-hybridized carbons (Fsp3) is 0.529. The van der Waals surface area contributed by atoms with Gasteiger partial charge in [0.05, 0.1) is 0 Å². The fourth-order valence-electron chi connectivity index (χ4n) is 1.45. The largest absolute Gasteiger partial charge is 0.488 e. The first kappa shape index (κ1) is 18.3. The summed E-state index contributed by atoms with van der Waals surface area (Å²) in [6.07, 6.45) is 5.96. The Bertz CT molecular complexity index is 388. The highest BCUT2D eigenvalue weighted by atomic mass is 16.5. The van der Waals surface area contributed by atoms with E-state index in [0.717, 1.165) is 17.9 Å². The Morgan fingerprint density at radius 1 is 1.10 bits per heavy atom.